The van der Waals surface area contributed by atoms with Gasteiger partial charge in [0.2, 0.25) is 4.96 Å². The van der Waals surface area contributed by atoms with Gasteiger partial charge in [-0.25, -0.2) is 13.9 Å². The Kier molecular flexibility index (Phi) is 2.83. The van der Waals surface area contributed by atoms with E-state index in [1.807, 2.05) is 6.92 Å². The van der Waals surface area contributed by atoms with Crippen LogP contribution in [0.5, 0.6) is 0 Å². The fourth-order valence-corrected chi connectivity index (χ4v) is 3.46. The largest absolute Gasteiger partial charge is 0.282 e. The lowest BCUT2D eigenvalue weighted by atomic mass is 10.0. The number of aryl methyl sites for hydroxylation is 1. The Labute approximate surface area is 128 Å². The monoisotopic (exact) mass is 320 g/mol. The second-order valence-corrected chi connectivity index (χ2v) is 6.42. The van der Waals surface area contributed by atoms with E-state index >= 15 is 0 Å². The quantitative estimate of drug-likeness (QED) is 0.690. The lowest BCUT2D eigenvalue weighted by molar-refractivity contribution is 0.625. The van der Waals surface area contributed by atoms with Gasteiger partial charge in [-0.05, 0) is 25.1 Å². The molecule has 0 saturated heterocycles. The molecule has 0 aliphatic carbocycles. The van der Waals surface area contributed by atoms with Crippen LogP contribution in [-0.4, -0.2) is 26.9 Å². The molecule has 0 bridgehead atoms. The minimum Gasteiger partial charge on any atom is -0.282 e. The summed E-state index contributed by atoms with van der Waals surface area (Å²) in [6.45, 7) is 2.53. The van der Waals surface area contributed by atoms with Gasteiger partial charge in [-0.2, -0.15) is 5.10 Å². The molecule has 3 heterocycles. The summed E-state index contributed by atoms with van der Waals surface area (Å²) in [5.74, 6) is -0.379. The second kappa shape index (κ2) is 4.61. The number of hydrogen-bond donors (Lipinski definition) is 0. The molecule has 4 nitrogen and oxygen atoms in total. The summed E-state index contributed by atoms with van der Waals surface area (Å²) in [5, 5.41) is 5.74. The van der Waals surface area contributed by atoms with Crippen molar-refractivity contribution in [1.82, 2.24) is 14.6 Å². The first-order chi connectivity index (χ1) is 10.1. The number of nitrogens with zero attached hydrogens (tertiary/aromatic N) is 4. The van der Waals surface area contributed by atoms with Crippen molar-refractivity contribution >= 4 is 33.6 Å². The average Bonchev–Trinajstić information content (AvgIpc) is 2.94. The van der Waals surface area contributed by atoms with Gasteiger partial charge in [0.25, 0.3) is 0 Å². The highest BCUT2D eigenvalue weighted by molar-refractivity contribution is 7.16. The Morgan fingerprint density at radius 1 is 1.38 bits per heavy atom. The van der Waals surface area contributed by atoms with E-state index in [4.69, 9.17) is 11.6 Å². The van der Waals surface area contributed by atoms with E-state index < -0.39 is 0 Å². The summed E-state index contributed by atoms with van der Waals surface area (Å²) in [4.78, 5) is 9.91. The van der Waals surface area contributed by atoms with E-state index in [0.29, 0.717) is 22.8 Å². The molecule has 1 aliphatic rings. The van der Waals surface area contributed by atoms with Crippen molar-refractivity contribution in [1.29, 1.82) is 0 Å². The van der Waals surface area contributed by atoms with Crippen molar-refractivity contribution < 1.29 is 4.39 Å². The maximum Gasteiger partial charge on any atom is 0.213 e. The van der Waals surface area contributed by atoms with Gasteiger partial charge in [-0.1, -0.05) is 22.9 Å². The molecular formula is C14H10ClFN4S. The van der Waals surface area contributed by atoms with Crippen LogP contribution in [0.3, 0.4) is 0 Å². The highest BCUT2D eigenvalue weighted by Crippen LogP contribution is 2.26. The highest BCUT2D eigenvalue weighted by Gasteiger charge is 2.25. The standard InChI is InChI=1S/C14H10ClFN4S/c1-7-19-20-13-11(18-14(20)21-7)4-5-17-12(13)9-3-2-8(15)6-10(9)16/h2-3,6H,4-5H2,1H3. The van der Waals surface area contributed by atoms with Crippen molar-refractivity contribution in [2.75, 3.05) is 6.54 Å². The van der Waals surface area contributed by atoms with Crippen LogP contribution in [-0.2, 0) is 6.42 Å². The number of benzene rings is 1. The predicted octanol–water partition coefficient (Wildman–Crippen LogP) is 3.29. The number of rotatable bonds is 1. The third kappa shape index (κ3) is 1.98. The third-order valence-corrected chi connectivity index (χ3v) is 4.46. The fourth-order valence-electron chi connectivity index (χ4n) is 2.54. The zero-order valence-corrected chi connectivity index (χ0v) is 12.7. The molecule has 0 saturated carbocycles. The van der Waals surface area contributed by atoms with E-state index in [2.05, 4.69) is 15.1 Å². The smallest absolute Gasteiger partial charge is 0.213 e. The Morgan fingerprint density at radius 2 is 2.24 bits per heavy atom. The molecule has 0 amide bonds. The Hall–Kier alpha value is -1.79. The van der Waals surface area contributed by atoms with Crippen LogP contribution in [0.2, 0.25) is 5.02 Å². The topological polar surface area (TPSA) is 42.5 Å². The summed E-state index contributed by atoms with van der Waals surface area (Å²) < 4.78 is 16.0. The molecule has 0 unspecified atom stereocenters. The third-order valence-electron chi connectivity index (χ3n) is 3.41. The van der Waals surface area contributed by atoms with E-state index in [1.54, 1.807) is 16.6 Å². The van der Waals surface area contributed by atoms with E-state index in [1.165, 1.54) is 17.4 Å². The molecule has 3 aromatic rings. The molecule has 0 N–H and O–H groups in total. The van der Waals surface area contributed by atoms with Gasteiger partial charge in [0.15, 0.2) is 0 Å². The van der Waals surface area contributed by atoms with Crippen LogP contribution >= 0.6 is 22.9 Å². The SMILES string of the molecule is Cc1nn2c3c(nc2s1)CCN=C3c1ccc(Cl)cc1F. The summed E-state index contributed by atoms with van der Waals surface area (Å²) in [6, 6.07) is 4.63. The minimum atomic E-state index is -0.379. The Bertz CT molecular complexity index is 896. The Morgan fingerprint density at radius 3 is 3.05 bits per heavy atom. The van der Waals surface area contributed by atoms with E-state index in [0.717, 1.165) is 27.8 Å². The molecule has 0 fully saturated rings. The molecule has 1 aromatic carbocycles. The molecule has 7 heteroatoms. The normalized spacial score (nSPS) is 14.3. The minimum absolute atomic E-state index is 0.371. The molecule has 4 rings (SSSR count). The summed E-state index contributed by atoms with van der Waals surface area (Å²) in [6.07, 6.45) is 0.753. The number of aromatic nitrogens is 3. The van der Waals surface area contributed by atoms with Gasteiger partial charge in [0, 0.05) is 23.6 Å². The average molecular weight is 321 g/mol. The van der Waals surface area contributed by atoms with Gasteiger partial charge >= 0.3 is 0 Å². The maximum absolute atomic E-state index is 14.2. The van der Waals surface area contributed by atoms with Crippen LogP contribution in [0.4, 0.5) is 4.39 Å². The number of fused-ring (bicyclic) bond motifs is 3. The Balaban J connectivity index is 1.97. The van der Waals surface area contributed by atoms with Gasteiger partial charge in [-0.3, -0.25) is 4.99 Å². The van der Waals surface area contributed by atoms with Crippen molar-refractivity contribution in [3.8, 4) is 0 Å². The molecule has 21 heavy (non-hydrogen) atoms. The maximum atomic E-state index is 14.2. The zero-order chi connectivity index (χ0) is 14.6. The zero-order valence-electron chi connectivity index (χ0n) is 11.1. The van der Waals surface area contributed by atoms with Crippen molar-refractivity contribution in [2.45, 2.75) is 13.3 Å². The van der Waals surface area contributed by atoms with Gasteiger partial charge in [-0.15, -0.1) is 0 Å². The lowest BCUT2D eigenvalue weighted by Gasteiger charge is -2.13. The summed E-state index contributed by atoms with van der Waals surface area (Å²) >= 11 is 7.35. The lowest BCUT2D eigenvalue weighted by Crippen LogP contribution is -2.17. The molecule has 0 radical (unpaired) electrons. The van der Waals surface area contributed by atoms with Crippen LogP contribution in [0.25, 0.3) is 4.96 Å². The van der Waals surface area contributed by atoms with Crippen LogP contribution < -0.4 is 0 Å². The number of imidazole rings is 1. The van der Waals surface area contributed by atoms with Crippen LogP contribution in [0, 0.1) is 12.7 Å². The first kappa shape index (κ1) is 12.9. The predicted molar refractivity (Wildman–Crippen MR) is 81.2 cm³/mol. The van der Waals surface area contributed by atoms with Gasteiger partial charge < -0.3 is 0 Å². The van der Waals surface area contributed by atoms with Gasteiger partial charge in [0.1, 0.15) is 16.5 Å². The fraction of sp³-hybridized carbons (Fsp3) is 0.214. The molecule has 2 aromatic heterocycles. The number of aliphatic imine (C=N–C) groups is 1. The van der Waals surface area contributed by atoms with Crippen molar-refractivity contribution in [2.24, 2.45) is 4.99 Å². The van der Waals surface area contributed by atoms with Crippen LogP contribution in [0.15, 0.2) is 23.2 Å². The molecule has 106 valence electrons. The van der Waals surface area contributed by atoms with E-state index in [-0.39, 0.29) is 5.82 Å². The van der Waals surface area contributed by atoms with Crippen LogP contribution in [0.1, 0.15) is 22.0 Å². The first-order valence-electron chi connectivity index (χ1n) is 6.49. The summed E-state index contributed by atoms with van der Waals surface area (Å²) in [5.41, 5.74) is 2.76. The number of hydrogen-bond acceptors (Lipinski definition) is 4. The van der Waals surface area contributed by atoms with E-state index in [9.17, 15) is 4.39 Å². The first-order valence-corrected chi connectivity index (χ1v) is 7.68. The summed E-state index contributed by atoms with van der Waals surface area (Å²) in [7, 11) is 0. The molecular weight excluding hydrogens is 311 g/mol. The second-order valence-electron chi connectivity index (χ2n) is 4.83. The molecule has 0 atom stereocenters. The van der Waals surface area contributed by atoms with Gasteiger partial charge in [0.05, 0.1) is 11.4 Å². The molecule has 0 spiro atoms. The van der Waals surface area contributed by atoms with Crippen molar-refractivity contribution in [3.63, 3.8) is 0 Å². The molecule has 1 aliphatic heterocycles. The number of halogens is 2. The van der Waals surface area contributed by atoms with Crippen molar-refractivity contribution in [3.05, 3.63) is 51.0 Å². The highest BCUT2D eigenvalue weighted by atomic mass is 35.5.